The van der Waals surface area contributed by atoms with Crippen LogP contribution < -0.4 is 20.1 Å². The van der Waals surface area contributed by atoms with E-state index < -0.39 is 11.7 Å². The van der Waals surface area contributed by atoms with Gasteiger partial charge >= 0.3 is 6.18 Å². The second kappa shape index (κ2) is 11.3. The summed E-state index contributed by atoms with van der Waals surface area (Å²) in [6, 6.07) is 12.3. The van der Waals surface area contributed by atoms with Gasteiger partial charge in [0.1, 0.15) is 0 Å². The van der Waals surface area contributed by atoms with Crippen molar-refractivity contribution >= 4 is 35.6 Å². The van der Waals surface area contributed by atoms with Crippen LogP contribution in [0.4, 0.5) is 18.9 Å². The van der Waals surface area contributed by atoms with E-state index in [1.165, 1.54) is 12.1 Å². The van der Waals surface area contributed by atoms with Crippen LogP contribution in [0.3, 0.4) is 0 Å². The molecule has 0 fully saturated rings. The Balaban J connectivity index is 0.00000306. The Morgan fingerprint density at radius 2 is 1.79 bits per heavy atom. The molecule has 0 bridgehead atoms. The van der Waals surface area contributed by atoms with E-state index in [2.05, 4.69) is 25.8 Å². The minimum Gasteiger partial charge on any atom is -0.490 e. The predicted octanol–water partition coefficient (Wildman–Crippen LogP) is 4.97. The van der Waals surface area contributed by atoms with Crippen LogP contribution in [-0.2, 0) is 19.3 Å². The molecular formula is C22H23F3IN5O2. The number of aliphatic imine (C=N–C) groups is 1. The maximum atomic E-state index is 12.8. The van der Waals surface area contributed by atoms with Crippen LogP contribution in [-0.4, -0.2) is 29.4 Å². The molecule has 0 radical (unpaired) electrons. The quantitative estimate of drug-likeness (QED) is 0.228. The van der Waals surface area contributed by atoms with E-state index in [1.54, 1.807) is 6.20 Å². The van der Waals surface area contributed by atoms with E-state index in [1.807, 2.05) is 24.3 Å². The highest BCUT2D eigenvalue weighted by molar-refractivity contribution is 14.0. The first-order chi connectivity index (χ1) is 15.5. The van der Waals surface area contributed by atoms with E-state index in [4.69, 9.17) is 9.47 Å². The van der Waals surface area contributed by atoms with Gasteiger partial charge in [0.25, 0.3) is 0 Å². The molecule has 11 heteroatoms. The monoisotopic (exact) mass is 573 g/mol. The lowest BCUT2D eigenvalue weighted by Crippen LogP contribution is -2.30. The number of fused-ring (bicyclic) bond motifs is 1. The van der Waals surface area contributed by atoms with Gasteiger partial charge in [-0.2, -0.15) is 18.3 Å². The molecule has 176 valence electrons. The number of rotatable bonds is 5. The third-order valence-corrected chi connectivity index (χ3v) is 4.72. The molecule has 0 atom stereocenters. The molecule has 4 rings (SSSR count). The molecular weight excluding hydrogens is 550 g/mol. The fourth-order valence-electron chi connectivity index (χ4n) is 3.05. The largest absolute Gasteiger partial charge is 0.490 e. The Morgan fingerprint density at radius 1 is 1.03 bits per heavy atom. The summed E-state index contributed by atoms with van der Waals surface area (Å²) in [5.41, 5.74) is 1.55. The number of H-pyrrole nitrogens is 1. The van der Waals surface area contributed by atoms with Gasteiger partial charge in [-0.1, -0.05) is 12.1 Å². The smallest absolute Gasteiger partial charge is 0.416 e. The average molecular weight is 573 g/mol. The Bertz CT molecular complexity index is 1060. The van der Waals surface area contributed by atoms with Gasteiger partial charge in [-0.3, -0.25) is 5.10 Å². The van der Waals surface area contributed by atoms with Gasteiger partial charge in [-0.25, -0.2) is 4.99 Å². The Kier molecular flexibility index (Phi) is 8.42. The summed E-state index contributed by atoms with van der Waals surface area (Å²) < 4.78 is 49.7. The second-order valence-electron chi connectivity index (χ2n) is 7.13. The molecule has 7 nitrogen and oxygen atoms in total. The number of aromatic nitrogens is 2. The van der Waals surface area contributed by atoms with Crippen LogP contribution in [0.15, 0.2) is 59.7 Å². The summed E-state index contributed by atoms with van der Waals surface area (Å²) >= 11 is 0. The number of guanidine groups is 1. The van der Waals surface area contributed by atoms with Crippen LogP contribution in [0.1, 0.15) is 23.2 Å². The maximum absolute atomic E-state index is 12.8. The summed E-state index contributed by atoms with van der Waals surface area (Å²) in [5, 5.41) is 13.2. The number of hydrogen-bond acceptors (Lipinski definition) is 4. The first-order valence-corrected chi connectivity index (χ1v) is 10.1. The summed E-state index contributed by atoms with van der Waals surface area (Å²) in [7, 11) is 0. The average Bonchev–Trinajstić information content (AvgIpc) is 3.19. The van der Waals surface area contributed by atoms with Gasteiger partial charge in [-0.15, -0.1) is 24.0 Å². The van der Waals surface area contributed by atoms with Gasteiger partial charge in [0.2, 0.25) is 0 Å². The van der Waals surface area contributed by atoms with Crippen molar-refractivity contribution in [2.24, 2.45) is 4.99 Å². The third-order valence-electron chi connectivity index (χ3n) is 4.72. The summed E-state index contributed by atoms with van der Waals surface area (Å²) in [6.45, 7) is 1.80. The van der Waals surface area contributed by atoms with Gasteiger partial charge in [-0.05, 0) is 35.9 Å². The second-order valence-corrected chi connectivity index (χ2v) is 7.13. The summed E-state index contributed by atoms with van der Waals surface area (Å²) in [4.78, 5) is 4.52. The molecule has 0 aliphatic carbocycles. The molecule has 2 heterocycles. The van der Waals surface area contributed by atoms with Crippen molar-refractivity contribution in [1.29, 1.82) is 0 Å². The van der Waals surface area contributed by atoms with Crippen LogP contribution >= 0.6 is 24.0 Å². The Hall–Kier alpha value is -2.96. The first kappa shape index (κ1) is 24.7. The number of aromatic amines is 1. The molecule has 0 saturated carbocycles. The predicted molar refractivity (Wildman–Crippen MR) is 129 cm³/mol. The minimum absolute atomic E-state index is 0. The SMILES string of the molecule is FC(F)(F)c1ccc(CN=C(NCc2ccn[nH]2)Nc2ccc3c(c2)OCCCO3)cc1.I. The molecule has 2 aromatic carbocycles. The number of benzene rings is 2. The molecule has 3 N–H and O–H groups in total. The number of hydrogen-bond donors (Lipinski definition) is 3. The maximum Gasteiger partial charge on any atom is 0.416 e. The zero-order valence-corrected chi connectivity index (χ0v) is 19.8. The van der Waals surface area contributed by atoms with Crippen molar-refractivity contribution in [3.05, 3.63) is 71.5 Å². The van der Waals surface area contributed by atoms with Gasteiger partial charge in [0, 0.05) is 24.4 Å². The van der Waals surface area contributed by atoms with E-state index >= 15 is 0 Å². The van der Waals surface area contributed by atoms with Gasteiger partial charge in [0.05, 0.1) is 37.6 Å². The molecule has 0 amide bonds. The van der Waals surface area contributed by atoms with Crippen molar-refractivity contribution in [2.75, 3.05) is 18.5 Å². The fraction of sp³-hybridized carbons (Fsp3) is 0.273. The number of nitrogens with one attached hydrogen (secondary N) is 3. The van der Waals surface area contributed by atoms with Crippen molar-refractivity contribution in [2.45, 2.75) is 25.7 Å². The normalized spacial score (nSPS) is 13.6. The van der Waals surface area contributed by atoms with Crippen molar-refractivity contribution < 1.29 is 22.6 Å². The van der Waals surface area contributed by atoms with E-state index in [0.717, 1.165) is 29.9 Å². The van der Waals surface area contributed by atoms with Crippen molar-refractivity contribution in [3.8, 4) is 11.5 Å². The van der Waals surface area contributed by atoms with Crippen molar-refractivity contribution in [1.82, 2.24) is 15.5 Å². The highest BCUT2D eigenvalue weighted by Crippen LogP contribution is 2.32. The van der Waals surface area contributed by atoms with E-state index in [-0.39, 0.29) is 30.5 Å². The lowest BCUT2D eigenvalue weighted by Gasteiger charge is -2.14. The van der Waals surface area contributed by atoms with E-state index in [0.29, 0.717) is 42.8 Å². The van der Waals surface area contributed by atoms with Crippen LogP contribution in [0.2, 0.25) is 0 Å². The van der Waals surface area contributed by atoms with Crippen LogP contribution in [0.5, 0.6) is 11.5 Å². The van der Waals surface area contributed by atoms with Crippen LogP contribution in [0.25, 0.3) is 0 Å². The molecule has 1 aromatic heterocycles. The first-order valence-electron chi connectivity index (χ1n) is 10.1. The lowest BCUT2D eigenvalue weighted by atomic mass is 10.1. The zero-order valence-electron chi connectivity index (χ0n) is 17.5. The number of anilines is 1. The Labute approximate surface area is 205 Å². The summed E-state index contributed by atoms with van der Waals surface area (Å²) in [6.07, 6.45) is -1.91. The number of alkyl halides is 3. The Morgan fingerprint density at radius 3 is 2.48 bits per heavy atom. The standard InChI is InChI=1S/C22H22F3N5O2.HI/c23-22(24,25)16-4-2-15(3-5-16)13-26-21(27-14-18-8-9-28-30-18)29-17-6-7-19-20(12-17)32-11-1-10-31-19;/h2-9,12H,1,10-11,13-14H2,(H,28,30)(H2,26,27,29);1H. The topological polar surface area (TPSA) is 83.6 Å². The lowest BCUT2D eigenvalue weighted by molar-refractivity contribution is -0.137. The highest BCUT2D eigenvalue weighted by Gasteiger charge is 2.29. The fourth-order valence-corrected chi connectivity index (χ4v) is 3.05. The number of nitrogens with zero attached hydrogens (tertiary/aromatic N) is 2. The molecule has 1 aliphatic rings. The molecule has 3 aromatic rings. The molecule has 1 aliphatic heterocycles. The van der Waals surface area contributed by atoms with Crippen molar-refractivity contribution in [3.63, 3.8) is 0 Å². The molecule has 0 saturated heterocycles. The van der Waals surface area contributed by atoms with Gasteiger partial charge in [0.15, 0.2) is 17.5 Å². The van der Waals surface area contributed by atoms with Crippen LogP contribution in [0, 0.1) is 0 Å². The third kappa shape index (κ3) is 7.01. The van der Waals surface area contributed by atoms with E-state index in [9.17, 15) is 13.2 Å². The molecule has 0 spiro atoms. The van der Waals surface area contributed by atoms with Gasteiger partial charge < -0.3 is 20.1 Å². The minimum atomic E-state index is -4.36. The zero-order chi connectivity index (χ0) is 22.4. The highest BCUT2D eigenvalue weighted by atomic mass is 127. The number of ether oxygens (including phenoxy) is 2. The molecule has 0 unspecified atom stereocenters. The molecule has 33 heavy (non-hydrogen) atoms. The number of halogens is 4. The summed E-state index contributed by atoms with van der Waals surface area (Å²) in [5.74, 6) is 1.78.